The number of carbonyl (C=O) groups excluding carboxylic acids is 1. The van der Waals surface area contributed by atoms with E-state index in [1.165, 1.54) is 12.1 Å². The molecule has 1 amide bonds. The van der Waals surface area contributed by atoms with E-state index in [9.17, 15) is 9.18 Å². The fourth-order valence-corrected chi connectivity index (χ4v) is 2.43. The Morgan fingerprint density at radius 3 is 2.76 bits per heavy atom. The summed E-state index contributed by atoms with van der Waals surface area (Å²) in [7, 11) is 0. The Morgan fingerprint density at radius 1 is 1.19 bits per heavy atom. The minimum Gasteiger partial charge on any atom is -0.492 e. The Labute approximate surface area is 122 Å². The van der Waals surface area contributed by atoms with Crippen LogP contribution in [0.2, 0.25) is 0 Å². The van der Waals surface area contributed by atoms with Gasteiger partial charge in [-0.25, -0.2) is 4.39 Å². The van der Waals surface area contributed by atoms with Crippen LogP contribution in [0.15, 0.2) is 48.5 Å². The number of hydrogen-bond donors (Lipinski definition) is 1. The van der Waals surface area contributed by atoms with Crippen LogP contribution < -0.4 is 10.1 Å². The van der Waals surface area contributed by atoms with E-state index in [0.29, 0.717) is 19.6 Å². The maximum Gasteiger partial charge on any atom is 0.227 e. The van der Waals surface area contributed by atoms with Crippen LogP contribution in [0.3, 0.4) is 0 Å². The molecule has 1 N–H and O–H groups in total. The zero-order chi connectivity index (χ0) is 14.7. The highest BCUT2D eigenvalue weighted by Gasteiger charge is 2.25. The number of para-hydroxylation sites is 1. The number of amides is 1. The number of benzene rings is 2. The average Bonchev–Trinajstić information content (AvgIpc) is 2.53. The van der Waals surface area contributed by atoms with E-state index >= 15 is 0 Å². The number of ether oxygens (including phenoxy) is 1. The first-order valence-electron chi connectivity index (χ1n) is 6.95. The van der Waals surface area contributed by atoms with Gasteiger partial charge in [0.05, 0.1) is 5.92 Å². The monoisotopic (exact) mass is 285 g/mol. The molecule has 0 bridgehead atoms. The molecule has 0 aromatic heterocycles. The second kappa shape index (κ2) is 5.95. The van der Waals surface area contributed by atoms with E-state index < -0.39 is 0 Å². The molecule has 0 fully saturated rings. The highest BCUT2D eigenvalue weighted by molar-refractivity contribution is 5.79. The summed E-state index contributed by atoms with van der Waals surface area (Å²) in [6.45, 7) is 0.795. The lowest BCUT2D eigenvalue weighted by atomic mass is 9.96. The molecule has 1 heterocycles. The normalized spacial score (nSPS) is 16.7. The second-order valence-electron chi connectivity index (χ2n) is 5.16. The fourth-order valence-electron chi connectivity index (χ4n) is 2.43. The summed E-state index contributed by atoms with van der Waals surface area (Å²) in [4.78, 5) is 12.2. The number of hydrogen-bond acceptors (Lipinski definition) is 2. The molecule has 0 unspecified atom stereocenters. The zero-order valence-electron chi connectivity index (χ0n) is 11.5. The second-order valence-corrected chi connectivity index (χ2v) is 5.16. The van der Waals surface area contributed by atoms with Crippen molar-refractivity contribution in [2.75, 3.05) is 6.61 Å². The first kappa shape index (κ1) is 13.6. The first-order chi connectivity index (χ1) is 10.2. The van der Waals surface area contributed by atoms with Crippen LogP contribution in [-0.2, 0) is 17.8 Å². The summed E-state index contributed by atoms with van der Waals surface area (Å²) in [5, 5.41) is 2.88. The highest BCUT2D eigenvalue weighted by Crippen LogP contribution is 2.26. The van der Waals surface area contributed by atoms with Gasteiger partial charge in [0.2, 0.25) is 5.91 Å². The molecular weight excluding hydrogens is 269 g/mol. The van der Waals surface area contributed by atoms with E-state index in [1.807, 2.05) is 24.3 Å². The fraction of sp³-hybridized carbons (Fsp3) is 0.235. The molecule has 2 aromatic rings. The van der Waals surface area contributed by atoms with Crippen molar-refractivity contribution in [2.24, 2.45) is 5.92 Å². The van der Waals surface area contributed by atoms with Crippen molar-refractivity contribution in [3.63, 3.8) is 0 Å². The standard InChI is InChI=1S/C17H16FNO2/c18-15-7-5-12(6-8-15)10-19-17(20)14-9-13-3-1-2-4-16(13)21-11-14/h1-8,14H,9-11H2,(H,19,20)/t14-/m0/s1. The molecular formula is C17H16FNO2. The van der Waals surface area contributed by atoms with Crippen LogP contribution in [0, 0.1) is 11.7 Å². The van der Waals surface area contributed by atoms with Crippen molar-refractivity contribution in [2.45, 2.75) is 13.0 Å². The van der Waals surface area contributed by atoms with Crippen molar-refractivity contribution in [3.05, 3.63) is 65.5 Å². The number of fused-ring (bicyclic) bond motifs is 1. The molecule has 21 heavy (non-hydrogen) atoms. The summed E-state index contributed by atoms with van der Waals surface area (Å²) in [6.07, 6.45) is 0.686. The van der Waals surface area contributed by atoms with Gasteiger partial charge in [0.1, 0.15) is 18.2 Å². The van der Waals surface area contributed by atoms with Gasteiger partial charge in [0.15, 0.2) is 0 Å². The van der Waals surface area contributed by atoms with Gasteiger partial charge in [-0.3, -0.25) is 4.79 Å². The van der Waals surface area contributed by atoms with E-state index in [0.717, 1.165) is 16.9 Å². The predicted octanol–water partition coefficient (Wildman–Crippen LogP) is 2.69. The van der Waals surface area contributed by atoms with E-state index in [-0.39, 0.29) is 17.6 Å². The molecule has 2 aromatic carbocycles. The summed E-state index contributed by atoms with van der Waals surface area (Å²) in [6, 6.07) is 13.9. The quantitative estimate of drug-likeness (QED) is 0.941. The van der Waals surface area contributed by atoms with Crippen molar-refractivity contribution >= 4 is 5.91 Å². The first-order valence-corrected chi connectivity index (χ1v) is 6.95. The molecule has 0 saturated heterocycles. The van der Waals surface area contributed by atoms with Gasteiger partial charge in [0, 0.05) is 6.54 Å². The minimum atomic E-state index is -0.276. The van der Waals surface area contributed by atoms with Crippen LogP contribution in [-0.4, -0.2) is 12.5 Å². The lowest BCUT2D eigenvalue weighted by Gasteiger charge is -2.24. The predicted molar refractivity (Wildman–Crippen MR) is 77.4 cm³/mol. The number of halogens is 1. The van der Waals surface area contributed by atoms with Gasteiger partial charge in [0.25, 0.3) is 0 Å². The van der Waals surface area contributed by atoms with Crippen molar-refractivity contribution in [1.82, 2.24) is 5.32 Å². The molecule has 0 spiro atoms. The van der Waals surface area contributed by atoms with E-state index in [4.69, 9.17) is 4.74 Å². The lowest BCUT2D eigenvalue weighted by molar-refractivity contribution is -0.126. The van der Waals surface area contributed by atoms with Crippen LogP contribution >= 0.6 is 0 Å². The smallest absolute Gasteiger partial charge is 0.227 e. The molecule has 1 atom stereocenters. The SMILES string of the molecule is O=C(NCc1ccc(F)cc1)[C@@H]1COc2ccccc2C1. The highest BCUT2D eigenvalue weighted by atomic mass is 19.1. The Bertz CT molecular complexity index is 639. The summed E-state index contributed by atoms with van der Waals surface area (Å²) in [5.74, 6) is 0.372. The summed E-state index contributed by atoms with van der Waals surface area (Å²) < 4.78 is 18.4. The van der Waals surface area contributed by atoms with Gasteiger partial charge < -0.3 is 10.1 Å². The van der Waals surface area contributed by atoms with Crippen LogP contribution in [0.1, 0.15) is 11.1 Å². The molecule has 1 aliphatic heterocycles. The summed E-state index contributed by atoms with van der Waals surface area (Å²) >= 11 is 0. The Morgan fingerprint density at radius 2 is 1.95 bits per heavy atom. The maximum absolute atomic E-state index is 12.8. The lowest BCUT2D eigenvalue weighted by Crippen LogP contribution is -2.37. The van der Waals surface area contributed by atoms with Gasteiger partial charge in [-0.15, -0.1) is 0 Å². The van der Waals surface area contributed by atoms with Crippen molar-refractivity contribution < 1.29 is 13.9 Å². The van der Waals surface area contributed by atoms with Crippen molar-refractivity contribution in [1.29, 1.82) is 0 Å². The Hall–Kier alpha value is -2.36. The van der Waals surface area contributed by atoms with Gasteiger partial charge in [-0.05, 0) is 35.7 Å². The van der Waals surface area contributed by atoms with E-state index in [2.05, 4.69) is 5.32 Å². The minimum absolute atomic E-state index is 0.0335. The van der Waals surface area contributed by atoms with E-state index in [1.54, 1.807) is 12.1 Å². The van der Waals surface area contributed by atoms with Gasteiger partial charge in [-0.1, -0.05) is 30.3 Å². The number of carbonyl (C=O) groups is 1. The molecule has 3 nitrogen and oxygen atoms in total. The Balaban J connectivity index is 1.58. The molecule has 0 aliphatic carbocycles. The van der Waals surface area contributed by atoms with Crippen LogP contribution in [0.5, 0.6) is 5.75 Å². The summed E-state index contributed by atoms with van der Waals surface area (Å²) in [5.41, 5.74) is 1.94. The third-order valence-electron chi connectivity index (χ3n) is 3.63. The van der Waals surface area contributed by atoms with Crippen LogP contribution in [0.4, 0.5) is 4.39 Å². The largest absolute Gasteiger partial charge is 0.492 e. The topological polar surface area (TPSA) is 38.3 Å². The molecule has 0 radical (unpaired) electrons. The van der Waals surface area contributed by atoms with Crippen LogP contribution in [0.25, 0.3) is 0 Å². The molecule has 0 saturated carbocycles. The maximum atomic E-state index is 12.8. The third-order valence-corrected chi connectivity index (χ3v) is 3.63. The third kappa shape index (κ3) is 3.21. The average molecular weight is 285 g/mol. The zero-order valence-corrected chi connectivity index (χ0v) is 11.5. The number of nitrogens with one attached hydrogen (secondary N) is 1. The molecule has 3 rings (SSSR count). The molecule has 4 heteroatoms. The molecule has 1 aliphatic rings. The number of rotatable bonds is 3. The Kier molecular flexibility index (Phi) is 3.86. The van der Waals surface area contributed by atoms with Gasteiger partial charge in [-0.2, -0.15) is 0 Å². The van der Waals surface area contributed by atoms with Gasteiger partial charge >= 0.3 is 0 Å². The molecule has 108 valence electrons. The van der Waals surface area contributed by atoms with Crippen molar-refractivity contribution in [3.8, 4) is 5.75 Å².